The van der Waals surface area contributed by atoms with Crippen molar-refractivity contribution in [1.82, 2.24) is 19.8 Å². The molecule has 0 atom stereocenters. The highest BCUT2D eigenvalue weighted by molar-refractivity contribution is 5.92. The Morgan fingerprint density at radius 3 is 2.54 bits per heavy atom. The van der Waals surface area contributed by atoms with Gasteiger partial charge in [-0.1, -0.05) is 19.3 Å². The summed E-state index contributed by atoms with van der Waals surface area (Å²) in [6.45, 7) is 4.13. The average Bonchev–Trinajstić information content (AvgIpc) is 2.61. The van der Waals surface area contributed by atoms with Gasteiger partial charge in [0.15, 0.2) is 0 Å². The van der Waals surface area contributed by atoms with Crippen LogP contribution in [0.25, 0.3) is 0 Å². The number of hydrogen-bond donors (Lipinski definition) is 1. The summed E-state index contributed by atoms with van der Waals surface area (Å²) in [4.78, 5) is 35.8. The first-order valence-corrected chi connectivity index (χ1v) is 8.76. The fraction of sp³-hybridized carbons (Fsp3) is 0.647. The van der Waals surface area contributed by atoms with Crippen molar-refractivity contribution >= 4 is 18.3 Å². The first-order valence-electron chi connectivity index (χ1n) is 8.76. The van der Waals surface area contributed by atoms with Gasteiger partial charge in [-0.2, -0.15) is 0 Å². The lowest BCUT2D eigenvalue weighted by atomic mass is 9.96. The first-order chi connectivity index (χ1) is 11.7. The van der Waals surface area contributed by atoms with Crippen molar-refractivity contribution in [3.05, 3.63) is 17.5 Å². The number of hydrogen-bond acceptors (Lipinski definition) is 5. The van der Waals surface area contributed by atoms with E-state index >= 15 is 0 Å². The fourth-order valence-corrected chi connectivity index (χ4v) is 3.36. The molecule has 3 rings (SSSR count). The molecule has 0 spiro atoms. The van der Waals surface area contributed by atoms with E-state index in [-0.39, 0.29) is 5.91 Å². The van der Waals surface area contributed by atoms with E-state index in [0.29, 0.717) is 43.9 Å². The third kappa shape index (κ3) is 4.01. The second kappa shape index (κ2) is 7.59. The highest BCUT2D eigenvalue weighted by Gasteiger charge is 2.23. The molecule has 2 fully saturated rings. The van der Waals surface area contributed by atoms with Crippen molar-refractivity contribution in [1.29, 1.82) is 0 Å². The Morgan fingerprint density at radius 1 is 1.17 bits per heavy atom. The Bertz CT molecular complexity index is 593. The Kier molecular flexibility index (Phi) is 5.27. The largest absolute Gasteiger partial charge is 0.351 e. The van der Waals surface area contributed by atoms with Gasteiger partial charge in [-0.05, 0) is 25.8 Å². The van der Waals surface area contributed by atoms with Gasteiger partial charge in [0.2, 0.25) is 12.4 Å². The van der Waals surface area contributed by atoms with Crippen molar-refractivity contribution in [3.63, 3.8) is 0 Å². The van der Waals surface area contributed by atoms with E-state index in [4.69, 9.17) is 0 Å². The SMILES string of the molecule is Cc1cc(C(=O)N2CCN(C=O)CC2)nc(NC2CCCCC2)n1. The van der Waals surface area contributed by atoms with E-state index in [1.807, 2.05) is 6.92 Å². The molecule has 1 saturated heterocycles. The van der Waals surface area contributed by atoms with Gasteiger partial charge >= 0.3 is 0 Å². The molecule has 0 radical (unpaired) electrons. The molecular formula is C17H25N5O2. The number of aromatic nitrogens is 2. The van der Waals surface area contributed by atoms with Crippen molar-refractivity contribution < 1.29 is 9.59 Å². The lowest BCUT2D eigenvalue weighted by molar-refractivity contribution is -0.119. The molecule has 2 aliphatic rings. The zero-order valence-corrected chi connectivity index (χ0v) is 14.2. The summed E-state index contributed by atoms with van der Waals surface area (Å²) in [7, 11) is 0. The zero-order chi connectivity index (χ0) is 16.9. The predicted molar refractivity (Wildman–Crippen MR) is 90.8 cm³/mol. The maximum atomic E-state index is 12.7. The molecule has 7 nitrogen and oxygen atoms in total. The van der Waals surface area contributed by atoms with Gasteiger partial charge in [-0.3, -0.25) is 9.59 Å². The number of rotatable bonds is 4. The summed E-state index contributed by atoms with van der Waals surface area (Å²) in [5, 5.41) is 3.39. The van der Waals surface area contributed by atoms with Gasteiger partial charge in [0.25, 0.3) is 5.91 Å². The van der Waals surface area contributed by atoms with E-state index in [9.17, 15) is 9.59 Å². The number of aryl methyl sites for hydroxylation is 1. The number of nitrogens with zero attached hydrogens (tertiary/aromatic N) is 4. The van der Waals surface area contributed by atoms with Crippen LogP contribution < -0.4 is 5.32 Å². The molecule has 2 amide bonds. The van der Waals surface area contributed by atoms with Gasteiger partial charge < -0.3 is 15.1 Å². The summed E-state index contributed by atoms with van der Waals surface area (Å²) in [5.41, 5.74) is 1.22. The van der Waals surface area contributed by atoms with Crippen molar-refractivity contribution in [2.45, 2.75) is 45.1 Å². The summed E-state index contributed by atoms with van der Waals surface area (Å²) in [5.74, 6) is 0.467. The number of anilines is 1. The van der Waals surface area contributed by atoms with Crippen LogP contribution in [0.15, 0.2) is 6.07 Å². The van der Waals surface area contributed by atoms with Crippen LogP contribution >= 0.6 is 0 Å². The zero-order valence-electron chi connectivity index (χ0n) is 14.2. The minimum atomic E-state index is -0.0854. The lowest BCUT2D eigenvalue weighted by Gasteiger charge is -2.32. The molecule has 0 bridgehead atoms. The summed E-state index contributed by atoms with van der Waals surface area (Å²) in [6, 6.07) is 2.14. The number of amides is 2. The molecule has 7 heteroatoms. The number of nitrogens with one attached hydrogen (secondary N) is 1. The average molecular weight is 331 g/mol. The molecule has 2 heterocycles. The standard InChI is InChI=1S/C17H25N5O2/c1-13-11-15(16(24)22-9-7-21(12-23)8-10-22)20-17(18-13)19-14-5-3-2-4-6-14/h11-12,14H,2-10H2,1H3,(H,18,19,20). The molecule has 1 aromatic heterocycles. The molecule has 1 aliphatic heterocycles. The molecule has 1 aromatic rings. The van der Waals surface area contributed by atoms with E-state index in [2.05, 4.69) is 15.3 Å². The van der Waals surface area contributed by atoms with Crippen LogP contribution in [0, 0.1) is 6.92 Å². The van der Waals surface area contributed by atoms with Gasteiger partial charge in [0.1, 0.15) is 5.69 Å². The fourth-order valence-electron chi connectivity index (χ4n) is 3.36. The molecule has 1 N–H and O–H groups in total. The third-order valence-corrected chi connectivity index (χ3v) is 4.76. The van der Waals surface area contributed by atoms with Gasteiger partial charge in [0, 0.05) is 37.9 Å². The summed E-state index contributed by atoms with van der Waals surface area (Å²) >= 11 is 0. The number of carbonyl (C=O) groups is 2. The normalized spacial score (nSPS) is 19.2. The van der Waals surface area contributed by atoms with Crippen molar-refractivity contribution in [2.24, 2.45) is 0 Å². The number of piperazine rings is 1. The minimum Gasteiger partial charge on any atom is -0.351 e. The van der Waals surface area contributed by atoms with Gasteiger partial charge in [-0.15, -0.1) is 0 Å². The van der Waals surface area contributed by atoms with Crippen LogP contribution in [-0.4, -0.2) is 64.3 Å². The molecule has 0 aromatic carbocycles. The van der Waals surface area contributed by atoms with Crippen LogP contribution in [0.5, 0.6) is 0 Å². The van der Waals surface area contributed by atoms with E-state index in [1.165, 1.54) is 19.3 Å². The molecule has 24 heavy (non-hydrogen) atoms. The quantitative estimate of drug-likeness (QED) is 0.845. The molecule has 1 aliphatic carbocycles. The first kappa shape index (κ1) is 16.7. The highest BCUT2D eigenvalue weighted by atomic mass is 16.2. The van der Waals surface area contributed by atoms with Crippen molar-refractivity contribution in [2.75, 3.05) is 31.5 Å². The Morgan fingerprint density at radius 2 is 1.88 bits per heavy atom. The van der Waals surface area contributed by atoms with Gasteiger partial charge in [0.05, 0.1) is 0 Å². The van der Waals surface area contributed by atoms with Crippen LogP contribution in [0.4, 0.5) is 5.95 Å². The van der Waals surface area contributed by atoms with Crippen LogP contribution in [-0.2, 0) is 4.79 Å². The summed E-state index contributed by atoms with van der Waals surface area (Å²) in [6.07, 6.45) is 6.86. The Labute approximate surface area is 142 Å². The van der Waals surface area contributed by atoms with Gasteiger partial charge in [-0.25, -0.2) is 9.97 Å². The third-order valence-electron chi connectivity index (χ3n) is 4.76. The minimum absolute atomic E-state index is 0.0854. The predicted octanol–water partition coefficient (Wildman–Crippen LogP) is 1.44. The molecule has 130 valence electrons. The monoisotopic (exact) mass is 331 g/mol. The van der Waals surface area contributed by atoms with E-state index in [1.54, 1.807) is 15.9 Å². The maximum Gasteiger partial charge on any atom is 0.272 e. The smallest absolute Gasteiger partial charge is 0.272 e. The molecule has 0 unspecified atom stereocenters. The second-order valence-electron chi connectivity index (χ2n) is 6.63. The van der Waals surface area contributed by atoms with Crippen LogP contribution in [0.2, 0.25) is 0 Å². The molecular weight excluding hydrogens is 306 g/mol. The lowest BCUT2D eigenvalue weighted by Crippen LogP contribution is -2.48. The Balaban J connectivity index is 1.68. The Hall–Kier alpha value is -2.18. The van der Waals surface area contributed by atoms with E-state index < -0.39 is 0 Å². The highest BCUT2D eigenvalue weighted by Crippen LogP contribution is 2.20. The van der Waals surface area contributed by atoms with E-state index in [0.717, 1.165) is 24.9 Å². The second-order valence-corrected chi connectivity index (χ2v) is 6.63. The van der Waals surface area contributed by atoms with Crippen LogP contribution in [0.1, 0.15) is 48.3 Å². The van der Waals surface area contributed by atoms with Crippen molar-refractivity contribution in [3.8, 4) is 0 Å². The number of carbonyl (C=O) groups excluding carboxylic acids is 2. The molecule has 1 saturated carbocycles. The topological polar surface area (TPSA) is 78.4 Å². The maximum absolute atomic E-state index is 12.7. The van der Waals surface area contributed by atoms with Crippen LogP contribution in [0.3, 0.4) is 0 Å². The summed E-state index contributed by atoms with van der Waals surface area (Å²) < 4.78 is 0.